The van der Waals surface area contributed by atoms with E-state index in [2.05, 4.69) is 12.2 Å². The van der Waals surface area contributed by atoms with Crippen molar-refractivity contribution in [1.29, 1.82) is 0 Å². The van der Waals surface area contributed by atoms with E-state index >= 15 is 0 Å². The molecule has 0 saturated carbocycles. The number of hydrogen-bond donors (Lipinski definition) is 2. The zero-order chi connectivity index (χ0) is 14.1. The van der Waals surface area contributed by atoms with Crippen molar-refractivity contribution in [2.45, 2.75) is 45.4 Å². The van der Waals surface area contributed by atoms with E-state index in [1.807, 2.05) is 24.3 Å². The Labute approximate surface area is 115 Å². The third-order valence-electron chi connectivity index (χ3n) is 2.97. The summed E-state index contributed by atoms with van der Waals surface area (Å²) in [7, 11) is 1.67. The van der Waals surface area contributed by atoms with E-state index in [1.54, 1.807) is 7.11 Å². The molecule has 1 aromatic rings. The fourth-order valence-electron chi connectivity index (χ4n) is 1.87. The number of hydrogen-bond acceptors (Lipinski definition) is 3. The lowest BCUT2D eigenvalue weighted by Crippen LogP contribution is -2.40. The topological polar surface area (TPSA) is 64.4 Å². The molecular weight excluding hydrogens is 240 g/mol. The fraction of sp³-hybridized carbons (Fsp3) is 0.533. The summed E-state index contributed by atoms with van der Waals surface area (Å²) < 4.78 is 5.08. The highest BCUT2D eigenvalue weighted by atomic mass is 16.5. The lowest BCUT2D eigenvalue weighted by atomic mass is 10.1. The number of benzene rings is 1. The van der Waals surface area contributed by atoms with Gasteiger partial charge in [0.15, 0.2) is 0 Å². The van der Waals surface area contributed by atoms with Gasteiger partial charge in [-0.2, -0.15) is 0 Å². The Hall–Kier alpha value is -1.39. The summed E-state index contributed by atoms with van der Waals surface area (Å²) in [4.78, 5) is 11.8. The van der Waals surface area contributed by atoms with Gasteiger partial charge in [0.1, 0.15) is 0 Å². The van der Waals surface area contributed by atoms with Gasteiger partial charge in [-0.15, -0.1) is 0 Å². The molecule has 0 fully saturated rings. The van der Waals surface area contributed by atoms with Crippen LogP contribution in [0.1, 0.15) is 37.3 Å². The van der Waals surface area contributed by atoms with Gasteiger partial charge in [-0.25, -0.2) is 0 Å². The Morgan fingerprint density at radius 2 is 2.16 bits per heavy atom. The summed E-state index contributed by atoms with van der Waals surface area (Å²) in [5, 5.41) is 2.87. The summed E-state index contributed by atoms with van der Waals surface area (Å²) in [6.07, 6.45) is 2.78. The van der Waals surface area contributed by atoms with Crippen molar-refractivity contribution in [2.75, 3.05) is 7.11 Å². The maximum atomic E-state index is 11.8. The number of unbranched alkanes of at least 4 members (excludes halogenated alkanes) is 1. The number of nitrogens with one attached hydrogen (secondary N) is 1. The van der Waals surface area contributed by atoms with Gasteiger partial charge >= 0.3 is 0 Å². The number of nitrogens with two attached hydrogens (primary N) is 1. The average molecular weight is 264 g/mol. The highest BCUT2D eigenvalue weighted by Crippen LogP contribution is 2.06. The van der Waals surface area contributed by atoms with Crippen molar-refractivity contribution >= 4 is 5.91 Å². The lowest BCUT2D eigenvalue weighted by molar-refractivity contribution is -0.122. The number of carbonyl (C=O) groups excluding carboxylic acids is 1. The maximum Gasteiger partial charge on any atom is 0.237 e. The van der Waals surface area contributed by atoms with Gasteiger partial charge in [0.25, 0.3) is 0 Å². The Kier molecular flexibility index (Phi) is 7.15. The lowest BCUT2D eigenvalue weighted by Gasteiger charge is -2.12. The van der Waals surface area contributed by atoms with Gasteiger partial charge in [-0.3, -0.25) is 4.79 Å². The van der Waals surface area contributed by atoms with Crippen molar-refractivity contribution < 1.29 is 9.53 Å². The quantitative estimate of drug-likeness (QED) is 0.754. The zero-order valence-corrected chi connectivity index (χ0v) is 11.8. The minimum atomic E-state index is -0.401. The molecule has 4 nitrogen and oxygen atoms in total. The molecule has 0 aliphatic rings. The first kappa shape index (κ1) is 15.7. The first-order valence-electron chi connectivity index (χ1n) is 6.77. The number of amides is 1. The molecule has 19 heavy (non-hydrogen) atoms. The van der Waals surface area contributed by atoms with E-state index in [9.17, 15) is 4.79 Å². The van der Waals surface area contributed by atoms with E-state index in [0.29, 0.717) is 13.2 Å². The second kappa shape index (κ2) is 8.67. The second-order valence-electron chi connectivity index (χ2n) is 4.72. The van der Waals surface area contributed by atoms with Crippen LogP contribution in [0.4, 0.5) is 0 Å². The van der Waals surface area contributed by atoms with Crippen LogP contribution in [-0.4, -0.2) is 19.1 Å². The largest absolute Gasteiger partial charge is 0.380 e. The molecule has 4 heteroatoms. The normalized spacial score (nSPS) is 12.2. The van der Waals surface area contributed by atoms with Crippen molar-refractivity contribution in [3.8, 4) is 0 Å². The molecule has 0 bridgehead atoms. The Morgan fingerprint density at radius 1 is 1.42 bits per heavy atom. The predicted octanol–water partition coefficient (Wildman–Crippen LogP) is 1.97. The molecular formula is C15H24N2O2. The van der Waals surface area contributed by atoms with Crippen LogP contribution in [0, 0.1) is 0 Å². The van der Waals surface area contributed by atoms with Crippen LogP contribution in [0.5, 0.6) is 0 Å². The molecule has 1 rings (SSSR count). The van der Waals surface area contributed by atoms with Crippen LogP contribution in [0.25, 0.3) is 0 Å². The zero-order valence-electron chi connectivity index (χ0n) is 11.8. The van der Waals surface area contributed by atoms with Gasteiger partial charge in [-0.05, 0) is 17.5 Å². The molecule has 0 spiro atoms. The fourth-order valence-corrected chi connectivity index (χ4v) is 1.87. The van der Waals surface area contributed by atoms with E-state index < -0.39 is 6.04 Å². The molecule has 3 N–H and O–H groups in total. The maximum absolute atomic E-state index is 11.8. The minimum absolute atomic E-state index is 0.0782. The predicted molar refractivity (Wildman–Crippen MR) is 76.5 cm³/mol. The molecule has 1 aromatic carbocycles. The smallest absolute Gasteiger partial charge is 0.237 e. The van der Waals surface area contributed by atoms with E-state index in [0.717, 1.165) is 30.4 Å². The van der Waals surface area contributed by atoms with Crippen molar-refractivity contribution in [1.82, 2.24) is 5.32 Å². The van der Waals surface area contributed by atoms with Crippen LogP contribution < -0.4 is 11.1 Å². The van der Waals surface area contributed by atoms with Gasteiger partial charge in [0.2, 0.25) is 5.91 Å². The summed E-state index contributed by atoms with van der Waals surface area (Å²) in [6, 6.07) is 7.58. The molecule has 1 amide bonds. The second-order valence-corrected chi connectivity index (χ2v) is 4.72. The summed E-state index contributed by atoms with van der Waals surface area (Å²) >= 11 is 0. The van der Waals surface area contributed by atoms with Crippen molar-refractivity contribution in [3.05, 3.63) is 35.4 Å². The number of rotatable bonds is 8. The van der Waals surface area contributed by atoms with E-state index in [1.165, 1.54) is 0 Å². The van der Waals surface area contributed by atoms with Crippen molar-refractivity contribution in [2.24, 2.45) is 5.73 Å². The molecule has 1 atom stereocenters. The third-order valence-corrected chi connectivity index (χ3v) is 2.97. The van der Waals surface area contributed by atoms with Crippen LogP contribution >= 0.6 is 0 Å². The van der Waals surface area contributed by atoms with Gasteiger partial charge in [0.05, 0.1) is 12.6 Å². The van der Waals surface area contributed by atoms with Crippen LogP contribution in [0.2, 0.25) is 0 Å². The number of carbonyl (C=O) groups is 1. The van der Waals surface area contributed by atoms with Crippen molar-refractivity contribution in [3.63, 3.8) is 0 Å². The van der Waals surface area contributed by atoms with Gasteiger partial charge in [0, 0.05) is 13.7 Å². The molecule has 0 aliphatic heterocycles. The minimum Gasteiger partial charge on any atom is -0.380 e. The third kappa shape index (κ3) is 5.85. The molecule has 1 unspecified atom stereocenters. The first-order valence-corrected chi connectivity index (χ1v) is 6.77. The SMILES string of the molecule is CCCCC(N)C(=O)NCc1cccc(COC)c1. The average Bonchev–Trinajstić information content (AvgIpc) is 2.43. The monoisotopic (exact) mass is 264 g/mol. The van der Waals surface area contributed by atoms with Gasteiger partial charge in [-0.1, -0.05) is 44.0 Å². The highest BCUT2D eigenvalue weighted by molar-refractivity contribution is 5.81. The Morgan fingerprint density at radius 3 is 2.84 bits per heavy atom. The van der Waals surface area contributed by atoms with E-state index in [4.69, 9.17) is 10.5 Å². The molecule has 0 radical (unpaired) electrons. The first-order chi connectivity index (χ1) is 9.17. The Bertz CT molecular complexity index is 393. The van der Waals surface area contributed by atoms with Crippen LogP contribution in [-0.2, 0) is 22.7 Å². The van der Waals surface area contributed by atoms with E-state index in [-0.39, 0.29) is 5.91 Å². The summed E-state index contributed by atoms with van der Waals surface area (Å²) in [5.41, 5.74) is 7.98. The highest BCUT2D eigenvalue weighted by Gasteiger charge is 2.11. The number of methoxy groups -OCH3 is 1. The molecule has 106 valence electrons. The molecule has 0 heterocycles. The summed E-state index contributed by atoms with van der Waals surface area (Å²) in [5.74, 6) is -0.0782. The number of ether oxygens (including phenoxy) is 1. The van der Waals surface area contributed by atoms with Gasteiger partial charge < -0.3 is 15.8 Å². The molecule has 0 aromatic heterocycles. The van der Waals surface area contributed by atoms with Crippen LogP contribution in [0.3, 0.4) is 0 Å². The van der Waals surface area contributed by atoms with Crippen LogP contribution in [0.15, 0.2) is 24.3 Å². The standard InChI is InChI=1S/C15H24N2O2/c1-3-4-8-14(16)15(18)17-10-12-6-5-7-13(9-12)11-19-2/h5-7,9,14H,3-4,8,10-11,16H2,1-2H3,(H,17,18). The summed E-state index contributed by atoms with van der Waals surface area (Å²) in [6.45, 7) is 3.18. The Balaban J connectivity index is 2.43. The molecule has 0 aliphatic carbocycles. The molecule has 0 saturated heterocycles.